The summed E-state index contributed by atoms with van der Waals surface area (Å²) in [7, 11) is 1.31. The Morgan fingerprint density at radius 3 is 2.69 bits per heavy atom. The summed E-state index contributed by atoms with van der Waals surface area (Å²) in [6.07, 6.45) is 0.526. The van der Waals surface area contributed by atoms with Crippen LogP contribution in [0.1, 0.15) is 24.0 Å². The molecule has 2 aromatic heterocycles. The molecule has 0 bridgehead atoms. The zero-order chi connectivity index (χ0) is 18.8. The highest BCUT2D eigenvalue weighted by molar-refractivity contribution is 7.17. The number of methoxy groups -OCH3 is 1. The number of aromatic nitrogens is 2. The Hall–Kier alpha value is -2.67. The Morgan fingerprint density at radius 2 is 2.00 bits per heavy atom. The molecule has 0 amide bonds. The molecule has 1 N–H and O–H groups in total. The van der Waals surface area contributed by atoms with Crippen LogP contribution in [0, 0.1) is 13.8 Å². The lowest BCUT2D eigenvalue weighted by Gasteiger charge is -2.08. The van der Waals surface area contributed by atoms with E-state index in [1.54, 1.807) is 0 Å². The Bertz CT molecular complexity index is 1090. The summed E-state index contributed by atoms with van der Waals surface area (Å²) in [5, 5.41) is 2.41. The van der Waals surface area contributed by atoms with Crippen LogP contribution in [0.15, 0.2) is 33.2 Å². The van der Waals surface area contributed by atoms with Crippen LogP contribution < -0.4 is 11.2 Å². The van der Waals surface area contributed by atoms with Crippen molar-refractivity contribution in [2.24, 2.45) is 0 Å². The summed E-state index contributed by atoms with van der Waals surface area (Å²) >= 11 is 1.35. The third-order valence-electron chi connectivity index (χ3n) is 4.38. The minimum absolute atomic E-state index is 0.161. The Balaban J connectivity index is 2.08. The van der Waals surface area contributed by atoms with Crippen LogP contribution in [-0.2, 0) is 16.1 Å². The van der Waals surface area contributed by atoms with Crippen LogP contribution in [0.2, 0.25) is 0 Å². The van der Waals surface area contributed by atoms with Crippen LogP contribution >= 0.6 is 11.3 Å². The minimum atomic E-state index is -0.457. The van der Waals surface area contributed by atoms with Crippen molar-refractivity contribution < 1.29 is 9.53 Å². The SMILES string of the molecule is COC(=O)CCCn1c(=O)[nH]c2scc(-c3ccc(C)cc3C)c2c1=O. The van der Waals surface area contributed by atoms with E-state index in [9.17, 15) is 14.4 Å². The van der Waals surface area contributed by atoms with Gasteiger partial charge >= 0.3 is 11.7 Å². The van der Waals surface area contributed by atoms with Crippen LogP contribution in [0.5, 0.6) is 0 Å². The summed E-state index contributed by atoms with van der Waals surface area (Å²) in [5.41, 5.74) is 3.25. The predicted octanol–water partition coefficient (Wildman–Crippen LogP) is 2.99. The van der Waals surface area contributed by atoms with E-state index in [0.29, 0.717) is 16.6 Å². The fourth-order valence-electron chi connectivity index (χ4n) is 3.05. The molecular weight excluding hydrogens is 352 g/mol. The first-order valence-corrected chi connectivity index (χ1v) is 9.19. The monoisotopic (exact) mass is 372 g/mol. The van der Waals surface area contributed by atoms with E-state index in [-0.39, 0.29) is 24.5 Å². The van der Waals surface area contributed by atoms with Gasteiger partial charge in [-0.3, -0.25) is 19.1 Å². The van der Waals surface area contributed by atoms with E-state index in [4.69, 9.17) is 0 Å². The molecule has 0 radical (unpaired) electrons. The summed E-state index contributed by atoms with van der Waals surface area (Å²) in [4.78, 5) is 39.8. The van der Waals surface area contributed by atoms with Gasteiger partial charge in [-0.1, -0.05) is 23.8 Å². The number of H-pyrrole nitrogens is 1. The summed E-state index contributed by atoms with van der Waals surface area (Å²) in [6, 6.07) is 6.07. The molecule has 0 aliphatic rings. The van der Waals surface area contributed by atoms with Crippen molar-refractivity contribution >= 4 is 27.5 Å². The number of esters is 1. The molecular formula is C19H20N2O4S. The number of thiophene rings is 1. The van der Waals surface area contributed by atoms with Crippen molar-refractivity contribution in [1.29, 1.82) is 0 Å². The van der Waals surface area contributed by atoms with E-state index in [0.717, 1.165) is 26.8 Å². The van der Waals surface area contributed by atoms with E-state index in [1.165, 1.54) is 18.4 Å². The number of aromatic amines is 1. The number of rotatable bonds is 5. The molecule has 7 heteroatoms. The fraction of sp³-hybridized carbons (Fsp3) is 0.316. The highest BCUT2D eigenvalue weighted by atomic mass is 32.1. The van der Waals surface area contributed by atoms with Crippen molar-refractivity contribution in [2.45, 2.75) is 33.2 Å². The highest BCUT2D eigenvalue weighted by Crippen LogP contribution is 2.32. The summed E-state index contributed by atoms with van der Waals surface area (Å²) < 4.78 is 5.75. The molecule has 6 nitrogen and oxygen atoms in total. The second kappa shape index (κ2) is 7.29. The molecule has 3 rings (SSSR count). The first kappa shape index (κ1) is 18.1. The van der Waals surface area contributed by atoms with Gasteiger partial charge < -0.3 is 4.74 Å². The zero-order valence-corrected chi connectivity index (χ0v) is 15.7. The van der Waals surface area contributed by atoms with Gasteiger partial charge in [-0.05, 0) is 31.4 Å². The molecule has 0 unspecified atom stereocenters. The zero-order valence-electron chi connectivity index (χ0n) is 14.9. The maximum absolute atomic E-state index is 13.0. The number of fused-ring (bicyclic) bond motifs is 1. The number of nitrogens with zero attached hydrogens (tertiary/aromatic N) is 1. The number of hydrogen-bond acceptors (Lipinski definition) is 5. The third kappa shape index (κ3) is 3.35. The van der Waals surface area contributed by atoms with Gasteiger partial charge in [0.15, 0.2) is 0 Å². The largest absolute Gasteiger partial charge is 0.469 e. The van der Waals surface area contributed by atoms with Crippen LogP contribution in [0.25, 0.3) is 21.3 Å². The summed E-state index contributed by atoms with van der Waals surface area (Å²) in [5.74, 6) is -0.359. The quantitative estimate of drug-likeness (QED) is 0.698. The van der Waals surface area contributed by atoms with Gasteiger partial charge in [-0.2, -0.15) is 0 Å². The number of carbonyl (C=O) groups is 1. The molecule has 26 heavy (non-hydrogen) atoms. The number of aryl methyl sites for hydroxylation is 2. The normalized spacial score (nSPS) is 11.0. The number of carbonyl (C=O) groups excluding carboxylic acids is 1. The molecule has 0 aliphatic heterocycles. The van der Waals surface area contributed by atoms with Gasteiger partial charge in [0, 0.05) is 23.9 Å². The first-order valence-electron chi connectivity index (χ1n) is 8.31. The molecule has 2 heterocycles. The Labute approximate surface area is 154 Å². The number of benzene rings is 1. The van der Waals surface area contributed by atoms with Crippen molar-refractivity contribution in [1.82, 2.24) is 9.55 Å². The second-order valence-electron chi connectivity index (χ2n) is 6.24. The van der Waals surface area contributed by atoms with Gasteiger partial charge in [0.25, 0.3) is 5.56 Å². The average molecular weight is 372 g/mol. The summed E-state index contributed by atoms with van der Waals surface area (Å²) in [6.45, 7) is 4.20. The predicted molar refractivity (Wildman–Crippen MR) is 103 cm³/mol. The lowest BCUT2D eigenvalue weighted by atomic mass is 9.99. The first-order chi connectivity index (χ1) is 12.4. The minimum Gasteiger partial charge on any atom is -0.469 e. The number of hydrogen-bond donors (Lipinski definition) is 1. The smallest absolute Gasteiger partial charge is 0.329 e. The number of nitrogens with one attached hydrogen (secondary N) is 1. The van der Waals surface area contributed by atoms with Crippen molar-refractivity contribution in [2.75, 3.05) is 7.11 Å². The topological polar surface area (TPSA) is 81.2 Å². The highest BCUT2D eigenvalue weighted by Gasteiger charge is 2.16. The molecule has 3 aromatic rings. The van der Waals surface area contributed by atoms with E-state index >= 15 is 0 Å². The van der Waals surface area contributed by atoms with Crippen LogP contribution in [0.4, 0.5) is 0 Å². The van der Waals surface area contributed by atoms with Gasteiger partial charge in [-0.25, -0.2) is 4.79 Å². The molecule has 0 fully saturated rings. The van der Waals surface area contributed by atoms with E-state index in [2.05, 4.69) is 15.8 Å². The van der Waals surface area contributed by atoms with Crippen molar-refractivity contribution in [3.05, 3.63) is 55.5 Å². The van der Waals surface area contributed by atoms with Crippen LogP contribution in [0.3, 0.4) is 0 Å². The Kier molecular flexibility index (Phi) is 5.08. The molecule has 0 saturated carbocycles. The molecule has 0 aliphatic carbocycles. The maximum Gasteiger partial charge on any atom is 0.329 e. The van der Waals surface area contributed by atoms with Crippen molar-refractivity contribution in [3.63, 3.8) is 0 Å². The standard InChI is InChI=1S/C19H20N2O4S/c1-11-6-7-13(12(2)9-11)14-10-26-17-16(14)18(23)21(19(24)20-17)8-4-5-15(22)25-3/h6-7,9-10H,4-5,8H2,1-3H3,(H,20,24). The maximum atomic E-state index is 13.0. The van der Waals surface area contributed by atoms with E-state index in [1.807, 2.05) is 31.4 Å². The second-order valence-corrected chi connectivity index (χ2v) is 7.12. The van der Waals surface area contributed by atoms with Crippen molar-refractivity contribution in [3.8, 4) is 11.1 Å². The molecule has 1 aromatic carbocycles. The Morgan fingerprint density at radius 1 is 1.23 bits per heavy atom. The average Bonchev–Trinajstić information content (AvgIpc) is 3.01. The molecule has 0 atom stereocenters. The fourth-order valence-corrected chi connectivity index (χ4v) is 4.00. The van der Waals surface area contributed by atoms with Gasteiger partial charge in [0.05, 0.1) is 12.5 Å². The molecule has 0 saturated heterocycles. The lowest BCUT2D eigenvalue weighted by molar-refractivity contribution is -0.140. The van der Waals surface area contributed by atoms with Gasteiger partial charge in [0.2, 0.25) is 0 Å². The van der Waals surface area contributed by atoms with E-state index < -0.39 is 5.69 Å². The van der Waals surface area contributed by atoms with Crippen LogP contribution in [-0.4, -0.2) is 22.6 Å². The van der Waals surface area contributed by atoms with Gasteiger partial charge in [0.1, 0.15) is 4.83 Å². The number of ether oxygens (including phenoxy) is 1. The molecule has 0 spiro atoms. The van der Waals surface area contributed by atoms with Gasteiger partial charge in [-0.15, -0.1) is 11.3 Å². The third-order valence-corrected chi connectivity index (χ3v) is 5.27. The lowest BCUT2D eigenvalue weighted by Crippen LogP contribution is -2.35. The molecule has 136 valence electrons.